The van der Waals surface area contributed by atoms with Crippen molar-refractivity contribution < 1.29 is 12.3 Å². The quantitative estimate of drug-likeness (QED) is 0.421. The van der Waals surface area contributed by atoms with Gasteiger partial charge in [0.25, 0.3) is 0 Å². The monoisotopic (exact) mass is 154 g/mol. The summed E-state index contributed by atoms with van der Waals surface area (Å²) in [4.78, 5) is 11.1. The number of ether oxygens (including phenoxy) is 1. The van der Waals surface area contributed by atoms with Crippen LogP contribution in [0.15, 0.2) is 0 Å². The Balaban J connectivity index is 3.11. The van der Waals surface area contributed by atoms with Gasteiger partial charge in [0.2, 0.25) is 0 Å². The minimum absolute atomic E-state index is 0.440. The van der Waals surface area contributed by atoms with Crippen LogP contribution in [0.25, 0.3) is 0 Å². The molecule has 0 amide bonds. The van der Waals surface area contributed by atoms with Gasteiger partial charge in [-0.05, 0) is 6.42 Å². The molecule has 2 nitrogen and oxygen atoms in total. The highest BCUT2D eigenvalue weighted by molar-refractivity contribution is 5.73. The highest BCUT2D eigenvalue weighted by Gasteiger charge is 2.43. The van der Waals surface area contributed by atoms with Gasteiger partial charge in [0.1, 0.15) is 0 Å². The van der Waals surface area contributed by atoms with Gasteiger partial charge < -0.3 is 4.74 Å². The molecule has 1 aliphatic rings. The lowest BCUT2D eigenvalue weighted by atomic mass is 9.87. The average molecular weight is 154 g/mol. The molecule has 0 aromatic heterocycles. The van der Waals surface area contributed by atoms with Crippen LogP contribution in [0.2, 0.25) is 0 Å². The number of esters is 1. The smallest absolute Gasteiger partial charge is 0.307 e. The molecule has 0 spiro atoms. The minimum atomic E-state index is -1.96. The second-order valence-electron chi connectivity index (χ2n) is 2.64. The van der Waals surface area contributed by atoms with Crippen LogP contribution in [0.3, 0.4) is 0 Å². The molecule has 2 atom stereocenters. The Morgan fingerprint density at radius 1 is 2.09 bits per heavy atom. The van der Waals surface area contributed by atoms with Crippen LogP contribution in [0.5, 0.6) is 0 Å². The SMILES string of the molecule is [2H]C1([2H])C(=O)O[C@](C#C)(CC)[C@H]1C. The molecule has 1 fully saturated rings. The average Bonchev–Trinajstić information content (AvgIpc) is 2.27. The van der Waals surface area contributed by atoms with Crippen LogP contribution in [-0.4, -0.2) is 11.6 Å². The standard InChI is InChI=1S/C9H12O2/c1-4-9(5-2)7(3)6-8(10)11-9/h1,7H,5-6H2,2-3H3/t7-,9+/m0/s1/i6D2. The number of terminal acetylenes is 1. The summed E-state index contributed by atoms with van der Waals surface area (Å²) in [5.41, 5.74) is -1.05. The highest BCUT2D eigenvalue weighted by atomic mass is 16.6. The van der Waals surface area contributed by atoms with E-state index in [-0.39, 0.29) is 0 Å². The summed E-state index contributed by atoms with van der Waals surface area (Å²) in [7, 11) is 0. The zero-order chi connectivity index (χ0) is 10.3. The molecule has 1 heterocycles. The maximum Gasteiger partial charge on any atom is 0.307 e. The highest BCUT2D eigenvalue weighted by Crippen LogP contribution is 2.34. The summed E-state index contributed by atoms with van der Waals surface area (Å²) in [5.74, 6) is 0.938. The Kier molecular flexibility index (Phi) is 1.32. The third-order valence-electron chi connectivity index (χ3n) is 2.08. The van der Waals surface area contributed by atoms with Gasteiger partial charge in [-0.1, -0.05) is 19.8 Å². The van der Waals surface area contributed by atoms with E-state index in [0.717, 1.165) is 0 Å². The second kappa shape index (κ2) is 2.58. The first kappa shape index (κ1) is 5.65. The second-order valence-corrected chi connectivity index (χ2v) is 2.64. The van der Waals surface area contributed by atoms with Gasteiger partial charge in [-0.2, -0.15) is 0 Å². The van der Waals surface area contributed by atoms with E-state index in [1.54, 1.807) is 13.8 Å². The molecule has 0 radical (unpaired) electrons. The largest absolute Gasteiger partial charge is 0.446 e. The third-order valence-corrected chi connectivity index (χ3v) is 2.08. The predicted molar refractivity (Wildman–Crippen MR) is 41.7 cm³/mol. The Hall–Kier alpha value is -0.970. The summed E-state index contributed by atoms with van der Waals surface area (Å²) < 4.78 is 19.8. The zero-order valence-corrected chi connectivity index (χ0v) is 6.68. The molecule has 1 rings (SSSR count). The van der Waals surface area contributed by atoms with Crippen molar-refractivity contribution in [3.8, 4) is 12.3 Å². The van der Waals surface area contributed by atoms with Gasteiger partial charge in [0, 0.05) is 8.66 Å². The van der Waals surface area contributed by atoms with Crippen molar-refractivity contribution in [2.75, 3.05) is 0 Å². The lowest BCUT2D eigenvalue weighted by Crippen LogP contribution is -2.31. The normalized spacial score (nSPS) is 43.7. The van der Waals surface area contributed by atoms with Gasteiger partial charge in [0.15, 0.2) is 5.60 Å². The van der Waals surface area contributed by atoms with E-state index in [1.807, 2.05) is 0 Å². The Bertz CT molecular complexity index is 280. The first-order valence-corrected chi connectivity index (χ1v) is 3.62. The summed E-state index contributed by atoms with van der Waals surface area (Å²) in [6, 6.07) is 0. The van der Waals surface area contributed by atoms with E-state index >= 15 is 0 Å². The number of cyclic esters (lactones) is 1. The van der Waals surface area contributed by atoms with Crippen LogP contribution in [0.4, 0.5) is 0 Å². The van der Waals surface area contributed by atoms with E-state index in [0.29, 0.717) is 6.42 Å². The van der Waals surface area contributed by atoms with Crippen molar-refractivity contribution in [3.63, 3.8) is 0 Å². The number of carbonyl (C=O) groups excluding carboxylic acids is 1. The van der Waals surface area contributed by atoms with Gasteiger partial charge in [-0.15, -0.1) is 6.42 Å². The molecule has 0 saturated carbocycles. The summed E-state index contributed by atoms with van der Waals surface area (Å²) in [6.07, 6.45) is 3.74. The van der Waals surface area contributed by atoms with Crippen LogP contribution in [-0.2, 0) is 9.53 Å². The molecule has 0 unspecified atom stereocenters. The Labute approximate surface area is 69.7 Å². The summed E-state index contributed by atoms with van der Waals surface area (Å²) >= 11 is 0. The predicted octanol–water partition coefficient (Wildman–Crippen LogP) is 1.35. The molecule has 1 saturated heterocycles. The Morgan fingerprint density at radius 3 is 2.91 bits per heavy atom. The van der Waals surface area contributed by atoms with E-state index in [4.69, 9.17) is 13.9 Å². The fraction of sp³-hybridized carbons (Fsp3) is 0.667. The van der Waals surface area contributed by atoms with Gasteiger partial charge in [-0.25, -0.2) is 0 Å². The first-order valence-electron chi connectivity index (χ1n) is 4.62. The van der Waals surface area contributed by atoms with Crippen molar-refractivity contribution >= 4 is 5.97 Å². The van der Waals surface area contributed by atoms with Gasteiger partial charge >= 0.3 is 5.97 Å². The fourth-order valence-corrected chi connectivity index (χ4v) is 1.21. The van der Waals surface area contributed by atoms with Crippen molar-refractivity contribution in [1.29, 1.82) is 0 Å². The lowest BCUT2D eigenvalue weighted by Gasteiger charge is -2.23. The van der Waals surface area contributed by atoms with Crippen molar-refractivity contribution in [2.45, 2.75) is 32.2 Å². The number of carbonyl (C=O) groups is 1. The lowest BCUT2D eigenvalue weighted by molar-refractivity contribution is -0.145. The van der Waals surface area contributed by atoms with E-state index in [2.05, 4.69) is 5.92 Å². The minimum Gasteiger partial charge on any atom is -0.446 e. The maximum absolute atomic E-state index is 11.1. The third kappa shape index (κ3) is 1.11. The van der Waals surface area contributed by atoms with Crippen LogP contribution in [0, 0.1) is 18.3 Å². The van der Waals surface area contributed by atoms with E-state index in [9.17, 15) is 4.79 Å². The number of hydrogen-bond acceptors (Lipinski definition) is 2. The number of hydrogen-bond donors (Lipinski definition) is 0. The van der Waals surface area contributed by atoms with Gasteiger partial charge in [0.05, 0.1) is 6.37 Å². The molecular weight excluding hydrogens is 140 g/mol. The topological polar surface area (TPSA) is 26.3 Å². The van der Waals surface area contributed by atoms with Crippen LogP contribution >= 0.6 is 0 Å². The molecule has 0 aromatic rings. The summed E-state index contributed by atoms with van der Waals surface area (Å²) in [5, 5.41) is 0. The van der Waals surface area contributed by atoms with Crippen LogP contribution < -0.4 is 0 Å². The molecule has 0 bridgehead atoms. The summed E-state index contributed by atoms with van der Waals surface area (Å²) in [6.45, 7) is 3.39. The molecule has 0 aromatic carbocycles. The van der Waals surface area contributed by atoms with Crippen molar-refractivity contribution in [2.24, 2.45) is 5.92 Å². The van der Waals surface area contributed by atoms with Crippen LogP contribution in [0.1, 0.15) is 29.4 Å². The molecule has 2 heteroatoms. The maximum atomic E-state index is 11.1. The van der Waals surface area contributed by atoms with E-state index < -0.39 is 23.9 Å². The molecule has 60 valence electrons. The molecule has 0 N–H and O–H groups in total. The fourth-order valence-electron chi connectivity index (χ4n) is 1.21. The molecular formula is C9H12O2. The number of rotatable bonds is 1. The zero-order valence-electron chi connectivity index (χ0n) is 8.68. The first-order chi connectivity index (χ1) is 5.90. The molecule has 11 heavy (non-hydrogen) atoms. The van der Waals surface area contributed by atoms with Crippen molar-refractivity contribution in [3.05, 3.63) is 0 Å². The molecule has 0 aliphatic carbocycles. The Morgan fingerprint density at radius 2 is 2.73 bits per heavy atom. The molecule has 1 aliphatic heterocycles. The van der Waals surface area contributed by atoms with E-state index in [1.165, 1.54) is 0 Å². The van der Waals surface area contributed by atoms with Crippen molar-refractivity contribution in [1.82, 2.24) is 0 Å². The van der Waals surface area contributed by atoms with Gasteiger partial charge in [-0.3, -0.25) is 4.79 Å².